The van der Waals surface area contributed by atoms with E-state index in [0.717, 1.165) is 55.3 Å². The van der Waals surface area contributed by atoms with Crippen molar-refractivity contribution in [1.82, 2.24) is 25.1 Å². The summed E-state index contributed by atoms with van der Waals surface area (Å²) in [6.07, 6.45) is 6.43. The van der Waals surface area contributed by atoms with Crippen LogP contribution in [0.5, 0.6) is 0 Å². The molecule has 1 saturated heterocycles. The van der Waals surface area contributed by atoms with Crippen LogP contribution in [0.2, 0.25) is 0 Å². The van der Waals surface area contributed by atoms with E-state index in [4.69, 9.17) is 9.72 Å². The van der Waals surface area contributed by atoms with E-state index in [1.807, 2.05) is 20.2 Å². The number of carbonyl (C=O) groups excluding carboxylic acids is 1. The van der Waals surface area contributed by atoms with Gasteiger partial charge in [0, 0.05) is 50.6 Å². The Morgan fingerprint density at radius 3 is 3.12 bits per heavy atom. The van der Waals surface area contributed by atoms with Gasteiger partial charge in [0.05, 0.1) is 30.2 Å². The fourth-order valence-electron chi connectivity index (χ4n) is 3.63. The van der Waals surface area contributed by atoms with E-state index in [0.29, 0.717) is 18.8 Å². The number of ether oxygens (including phenoxy) is 1. The van der Waals surface area contributed by atoms with Gasteiger partial charge in [-0.1, -0.05) is 0 Å². The molecule has 2 aromatic heterocycles. The number of carbonyl (C=O) groups is 1. The summed E-state index contributed by atoms with van der Waals surface area (Å²) in [5.74, 6) is 0.688. The Hall–Kier alpha value is -2.48. The van der Waals surface area contributed by atoms with Crippen LogP contribution in [0.15, 0.2) is 12.4 Å². The molecule has 2 aliphatic rings. The monoisotopic (exact) mass is 356 g/mol. The molecule has 2 aliphatic heterocycles. The lowest BCUT2D eigenvalue weighted by molar-refractivity contribution is 0.0932. The highest BCUT2D eigenvalue weighted by molar-refractivity contribution is 5.95. The Balaban J connectivity index is 1.44. The molecule has 0 saturated carbocycles. The third-order valence-electron chi connectivity index (χ3n) is 4.98. The van der Waals surface area contributed by atoms with Gasteiger partial charge in [-0.25, -0.2) is 9.97 Å². The zero-order valence-corrected chi connectivity index (χ0v) is 15.2. The van der Waals surface area contributed by atoms with Crippen LogP contribution in [0, 0.1) is 6.92 Å². The van der Waals surface area contributed by atoms with Crippen LogP contribution in [0.25, 0.3) is 0 Å². The minimum absolute atomic E-state index is 0.0639. The summed E-state index contributed by atoms with van der Waals surface area (Å²) in [5.41, 5.74) is 3.54. The topological polar surface area (TPSA) is 85.2 Å². The van der Waals surface area contributed by atoms with E-state index < -0.39 is 0 Å². The fourth-order valence-corrected chi connectivity index (χ4v) is 3.63. The maximum Gasteiger partial charge on any atom is 0.255 e. The molecule has 4 heterocycles. The quantitative estimate of drug-likeness (QED) is 0.883. The van der Waals surface area contributed by atoms with Crippen LogP contribution in [-0.2, 0) is 24.8 Å². The summed E-state index contributed by atoms with van der Waals surface area (Å²) in [5, 5.41) is 7.39. The summed E-state index contributed by atoms with van der Waals surface area (Å²) >= 11 is 0. The number of amides is 1. The third kappa shape index (κ3) is 3.41. The lowest BCUT2D eigenvalue weighted by Gasteiger charge is -2.33. The van der Waals surface area contributed by atoms with Crippen LogP contribution in [-0.4, -0.2) is 51.4 Å². The second kappa shape index (κ2) is 7.03. The Morgan fingerprint density at radius 2 is 2.31 bits per heavy atom. The van der Waals surface area contributed by atoms with Gasteiger partial charge in [-0.2, -0.15) is 5.10 Å². The highest BCUT2D eigenvalue weighted by atomic mass is 16.5. The number of piperidine rings is 1. The van der Waals surface area contributed by atoms with E-state index in [2.05, 4.69) is 20.3 Å². The van der Waals surface area contributed by atoms with Gasteiger partial charge in [-0.05, 0) is 19.8 Å². The van der Waals surface area contributed by atoms with Crippen LogP contribution in [0.3, 0.4) is 0 Å². The van der Waals surface area contributed by atoms with Gasteiger partial charge in [0.25, 0.3) is 5.91 Å². The molecule has 1 atom stereocenters. The van der Waals surface area contributed by atoms with E-state index in [1.54, 1.807) is 10.9 Å². The van der Waals surface area contributed by atoms with E-state index in [-0.39, 0.29) is 11.9 Å². The van der Waals surface area contributed by atoms with Gasteiger partial charge in [0.2, 0.25) is 5.95 Å². The molecule has 8 nitrogen and oxygen atoms in total. The smallest absolute Gasteiger partial charge is 0.255 e. The first-order chi connectivity index (χ1) is 12.6. The molecule has 0 spiro atoms. The highest BCUT2D eigenvalue weighted by Crippen LogP contribution is 2.20. The van der Waals surface area contributed by atoms with Crippen molar-refractivity contribution < 1.29 is 9.53 Å². The first-order valence-electron chi connectivity index (χ1n) is 9.09. The third-order valence-corrected chi connectivity index (χ3v) is 4.98. The largest absolute Gasteiger partial charge is 0.376 e. The number of hydrogen-bond donors (Lipinski definition) is 1. The van der Waals surface area contributed by atoms with Gasteiger partial charge in [0.1, 0.15) is 0 Å². The molecular formula is C18H24N6O2. The number of rotatable bonds is 3. The number of nitrogens with one attached hydrogen (secondary N) is 1. The molecule has 26 heavy (non-hydrogen) atoms. The Kier molecular flexibility index (Phi) is 4.58. The standard InChI is InChI=1S/C18H24N6O2/c1-12-15(10-23(2)22-12)17(25)20-14-4-3-6-24(9-14)18-19-8-13-11-26-7-5-16(13)21-18/h8,10,14H,3-7,9,11H2,1-2H3,(H,20,25). The van der Waals surface area contributed by atoms with Crippen molar-refractivity contribution in [3.05, 3.63) is 34.9 Å². The average Bonchev–Trinajstić information content (AvgIpc) is 3.00. The molecule has 4 rings (SSSR count). The molecule has 1 unspecified atom stereocenters. The molecule has 1 fully saturated rings. The van der Waals surface area contributed by atoms with Crippen LogP contribution < -0.4 is 10.2 Å². The average molecular weight is 356 g/mol. The number of anilines is 1. The van der Waals surface area contributed by atoms with Crippen LogP contribution in [0.4, 0.5) is 5.95 Å². The van der Waals surface area contributed by atoms with Gasteiger partial charge >= 0.3 is 0 Å². The summed E-state index contributed by atoms with van der Waals surface area (Å²) in [4.78, 5) is 24.0. The molecule has 0 bridgehead atoms. The minimum atomic E-state index is -0.0639. The molecule has 2 aromatic rings. The molecule has 8 heteroatoms. The predicted molar refractivity (Wildman–Crippen MR) is 96.0 cm³/mol. The minimum Gasteiger partial charge on any atom is -0.376 e. The van der Waals surface area contributed by atoms with E-state index >= 15 is 0 Å². The lowest BCUT2D eigenvalue weighted by Crippen LogP contribution is -2.48. The molecule has 138 valence electrons. The van der Waals surface area contributed by atoms with Crippen molar-refractivity contribution in [2.75, 3.05) is 24.6 Å². The lowest BCUT2D eigenvalue weighted by atomic mass is 10.1. The normalized spacial score (nSPS) is 19.9. The first-order valence-corrected chi connectivity index (χ1v) is 9.09. The number of hydrogen-bond acceptors (Lipinski definition) is 6. The molecule has 0 radical (unpaired) electrons. The SMILES string of the molecule is Cc1nn(C)cc1C(=O)NC1CCCN(c2ncc3c(n2)CCOC3)C1. The summed E-state index contributed by atoms with van der Waals surface area (Å²) in [6, 6.07) is 0.0822. The summed E-state index contributed by atoms with van der Waals surface area (Å²) < 4.78 is 7.12. The Bertz CT molecular complexity index is 818. The molecule has 1 amide bonds. The maximum atomic E-state index is 12.6. The molecule has 0 aliphatic carbocycles. The van der Waals surface area contributed by atoms with Crippen LogP contribution >= 0.6 is 0 Å². The van der Waals surface area contributed by atoms with Crippen LogP contribution in [0.1, 0.15) is 40.2 Å². The second-order valence-electron chi connectivity index (χ2n) is 7.01. The van der Waals surface area contributed by atoms with Crippen molar-refractivity contribution in [2.24, 2.45) is 7.05 Å². The first kappa shape index (κ1) is 17.0. The van der Waals surface area contributed by atoms with E-state index in [1.165, 1.54) is 0 Å². The predicted octanol–water partition coefficient (Wildman–Crippen LogP) is 0.990. The van der Waals surface area contributed by atoms with Crippen molar-refractivity contribution in [3.8, 4) is 0 Å². The number of nitrogens with zero attached hydrogens (tertiary/aromatic N) is 5. The Labute approximate surface area is 152 Å². The highest BCUT2D eigenvalue weighted by Gasteiger charge is 2.25. The number of aromatic nitrogens is 4. The molecule has 1 N–H and O–H groups in total. The van der Waals surface area contributed by atoms with Gasteiger partial charge in [-0.3, -0.25) is 9.48 Å². The fraction of sp³-hybridized carbons (Fsp3) is 0.556. The van der Waals surface area contributed by atoms with Gasteiger partial charge in [0.15, 0.2) is 0 Å². The van der Waals surface area contributed by atoms with Crippen molar-refractivity contribution in [1.29, 1.82) is 0 Å². The summed E-state index contributed by atoms with van der Waals surface area (Å²) in [7, 11) is 1.82. The summed E-state index contributed by atoms with van der Waals surface area (Å²) in [6.45, 7) is 4.80. The number of fused-ring (bicyclic) bond motifs is 1. The zero-order valence-electron chi connectivity index (χ0n) is 15.2. The van der Waals surface area contributed by atoms with Crippen molar-refractivity contribution in [2.45, 2.75) is 38.8 Å². The molecular weight excluding hydrogens is 332 g/mol. The second-order valence-corrected chi connectivity index (χ2v) is 7.01. The van der Waals surface area contributed by atoms with Gasteiger partial charge < -0.3 is 15.0 Å². The number of aryl methyl sites for hydroxylation is 2. The Morgan fingerprint density at radius 1 is 1.42 bits per heavy atom. The van der Waals surface area contributed by atoms with Crippen molar-refractivity contribution in [3.63, 3.8) is 0 Å². The van der Waals surface area contributed by atoms with Gasteiger partial charge in [-0.15, -0.1) is 0 Å². The maximum absolute atomic E-state index is 12.6. The molecule has 0 aromatic carbocycles. The zero-order chi connectivity index (χ0) is 18.1. The van der Waals surface area contributed by atoms with E-state index in [9.17, 15) is 4.79 Å². The van der Waals surface area contributed by atoms with Crippen molar-refractivity contribution >= 4 is 11.9 Å².